The van der Waals surface area contributed by atoms with Crippen LogP contribution in [0.25, 0.3) is 0 Å². The lowest BCUT2D eigenvalue weighted by Gasteiger charge is -2.07. The molecule has 0 radical (unpaired) electrons. The van der Waals surface area contributed by atoms with Gasteiger partial charge in [0, 0.05) is 18.7 Å². The van der Waals surface area contributed by atoms with Gasteiger partial charge in [-0.1, -0.05) is 30.3 Å². The summed E-state index contributed by atoms with van der Waals surface area (Å²) in [6, 6.07) is 12.0. The van der Waals surface area contributed by atoms with Crippen LogP contribution in [0.15, 0.2) is 42.7 Å². The van der Waals surface area contributed by atoms with Gasteiger partial charge in [-0.25, -0.2) is 9.97 Å². The van der Waals surface area contributed by atoms with Crippen LogP contribution in [0.2, 0.25) is 0 Å². The molecule has 1 amide bonds. The van der Waals surface area contributed by atoms with Gasteiger partial charge >= 0.3 is 0 Å². The zero-order chi connectivity index (χ0) is 13.8. The number of rotatable bonds is 5. The molecule has 20 heavy (non-hydrogen) atoms. The SMILES string of the molecule is O=C(NCc1ccccc1)c1cc(NC2CC2)ncn1. The first-order valence-corrected chi connectivity index (χ1v) is 6.72. The number of aromatic nitrogens is 2. The molecule has 1 heterocycles. The Labute approximate surface area is 117 Å². The largest absolute Gasteiger partial charge is 0.367 e. The lowest BCUT2D eigenvalue weighted by atomic mass is 10.2. The third-order valence-electron chi connectivity index (χ3n) is 3.12. The molecule has 0 unspecified atom stereocenters. The van der Waals surface area contributed by atoms with E-state index < -0.39 is 0 Å². The van der Waals surface area contributed by atoms with E-state index in [1.54, 1.807) is 6.07 Å². The van der Waals surface area contributed by atoms with Crippen molar-refractivity contribution in [2.75, 3.05) is 5.32 Å². The maximum Gasteiger partial charge on any atom is 0.270 e. The summed E-state index contributed by atoms with van der Waals surface area (Å²) in [6.45, 7) is 0.495. The van der Waals surface area contributed by atoms with Crippen LogP contribution in [0.4, 0.5) is 5.82 Å². The molecule has 1 aromatic heterocycles. The summed E-state index contributed by atoms with van der Waals surface area (Å²) in [5.41, 5.74) is 1.45. The highest BCUT2D eigenvalue weighted by molar-refractivity contribution is 5.92. The smallest absolute Gasteiger partial charge is 0.270 e. The maximum atomic E-state index is 12.0. The van der Waals surface area contributed by atoms with E-state index in [0.29, 0.717) is 24.1 Å². The van der Waals surface area contributed by atoms with Crippen LogP contribution >= 0.6 is 0 Å². The summed E-state index contributed by atoms with van der Waals surface area (Å²) >= 11 is 0. The molecule has 5 nitrogen and oxygen atoms in total. The summed E-state index contributed by atoms with van der Waals surface area (Å²) in [5, 5.41) is 6.11. The van der Waals surface area contributed by atoms with E-state index in [0.717, 1.165) is 5.56 Å². The molecule has 0 aliphatic heterocycles. The van der Waals surface area contributed by atoms with Crippen LogP contribution in [-0.2, 0) is 6.54 Å². The first-order valence-electron chi connectivity index (χ1n) is 6.72. The Balaban J connectivity index is 1.61. The number of hydrogen-bond donors (Lipinski definition) is 2. The van der Waals surface area contributed by atoms with Crippen molar-refractivity contribution in [1.82, 2.24) is 15.3 Å². The Hall–Kier alpha value is -2.43. The van der Waals surface area contributed by atoms with E-state index in [9.17, 15) is 4.79 Å². The molecule has 1 aliphatic carbocycles. The van der Waals surface area contributed by atoms with Gasteiger partial charge in [0.2, 0.25) is 0 Å². The predicted molar refractivity (Wildman–Crippen MR) is 76.3 cm³/mol. The molecule has 0 spiro atoms. The molecule has 102 valence electrons. The van der Waals surface area contributed by atoms with Crippen molar-refractivity contribution >= 4 is 11.7 Å². The molecule has 0 atom stereocenters. The standard InChI is InChI=1S/C15H16N4O/c20-15(16-9-11-4-2-1-3-5-11)13-8-14(18-10-17-13)19-12-6-7-12/h1-5,8,10,12H,6-7,9H2,(H,16,20)(H,17,18,19). The average Bonchev–Trinajstić information content (AvgIpc) is 3.30. The molecule has 1 aromatic carbocycles. The van der Waals surface area contributed by atoms with E-state index in [2.05, 4.69) is 20.6 Å². The molecule has 1 aliphatic rings. The molecule has 0 saturated heterocycles. The van der Waals surface area contributed by atoms with Crippen LogP contribution in [-0.4, -0.2) is 21.9 Å². The maximum absolute atomic E-state index is 12.0. The Bertz CT molecular complexity index is 596. The van der Waals surface area contributed by atoms with E-state index in [1.807, 2.05) is 30.3 Å². The second kappa shape index (κ2) is 5.69. The summed E-state index contributed by atoms with van der Waals surface area (Å²) in [5.74, 6) is 0.530. The zero-order valence-electron chi connectivity index (χ0n) is 11.0. The Morgan fingerprint density at radius 1 is 1.20 bits per heavy atom. The van der Waals surface area contributed by atoms with E-state index >= 15 is 0 Å². The minimum atomic E-state index is -0.185. The normalized spacial score (nSPS) is 13.8. The monoisotopic (exact) mass is 268 g/mol. The first-order chi connectivity index (χ1) is 9.81. The van der Waals surface area contributed by atoms with Crippen LogP contribution < -0.4 is 10.6 Å². The van der Waals surface area contributed by atoms with Gasteiger partial charge < -0.3 is 10.6 Å². The van der Waals surface area contributed by atoms with Gasteiger partial charge in [0.1, 0.15) is 17.8 Å². The van der Waals surface area contributed by atoms with Gasteiger partial charge in [0.25, 0.3) is 5.91 Å². The van der Waals surface area contributed by atoms with Crippen LogP contribution in [0, 0.1) is 0 Å². The van der Waals surface area contributed by atoms with Gasteiger partial charge in [-0.15, -0.1) is 0 Å². The number of nitrogens with zero attached hydrogens (tertiary/aromatic N) is 2. The molecule has 1 fully saturated rings. The van der Waals surface area contributed by atoms with Gasteiger partial charge in [0.05, 0.1) is 0 Å². The molecule has 1 saturated carbocycles. The fourth-order valence-corrected chi connectivity index (χ4v) is 1.87. The molecule has 2 N–H and O–H groups in total. The highest BCUT2D eigenvalue weighted by Crippen LogP contribution is 2.23. The Morgan fingerprint density at radius 3 is 2.75 bits per heavy atom. The third kappa shape index (κ3) is 3.32. The van der Waals surface area contributed by atoms with Crippen molar-refractivity contribution in [2.24, 2.45) is 0 Å². The summed E-state index contributed by atoms with van der Waals surface area (Å²) in [7, 11) is 0. The van der Waals surface area contributed by atoms with Crippen molar-refractivity contribution in [1.29, 1.82) is 0 Å². The zero-order valence-corrected chi connectivity index (χ0v) is 11.0. The van der Waals surface area contributed by atoms with Gasteiger partial charge in [-0.05, 0) is 18.4 Å². The van der Waals surface area contributed by atoms with E-state index in [1.165, 1.54) is 19.2 Å². The number of hydrogen-bond acceptors (Lipinski definition) is 4. The molecule has 3 rings (SSSR count). The second-order valence-corrected chi connectivity index (χ2v) is 4.88. The second-order valence-electron chi connectivity index (χ2n) is 4.88. The lowest BCUT2D eigenvalue weighted by Crippen LogP contribution is -2.24. The predicted octanol–water partition coefficient (Wildman–Crippen LogP) is 1.98. The first kappa shape index (κ1) is 12.6. The summed E-state index contributed by atoms with van der Waals surface area (Å²) in [6.07, 6.45) is 3.75. The minimum absolute atomic E-state index is 0.185. The molecule has 2 aromatic rings. The van der Waals surface area contributed by atoms with Crippen LogP contribution in [0.1, 0.15) is 28.9 Å². The van der Waals surface area contributed by atoms with Crippen molar-refractivity contribution < 1.29 is 4.79 Å². The average molecular weight is 268 g/mol. The fourth-order valence-electron chi connectivity index (χ4n) is 1.87. The highest BCUT2D eigenvalue weighted by Gasteiger charge is 2.21. The number of anilines is 1. The minimum Gasteiger partial charge on any atom is -0.367 e. The van der Waals surface area contributed by atoms with Crippen LogP contribution in [0.3, 0.4) is 0 Å². The lowest BCUT2D eigenvalue weighted by molar-refractivity contribution is 0.0946. The summed E-state index contributed by atoms with van der Waals surface area (Å²) in [4.78, 5) is 20.2. The Morgan fingerprint density at radius 2 is 2.00 bits per heavy atom. The van der Waals surface area contributed by atoms with Crippen molar-refractivity contribution in [3.05, 3.63) is 54.0 Å². The number of nitrogens with one attached hydrogen (secondary N) is 2. The number of carbonyl (C=O) groups excluding carboxylic acids is 1. The topological polar surface area (TPSA) is 66.9 Å². The van der Waals surface area contributed by atoms with E-state index in [-0.39, 0.29) is 5.91 Å². The Kier molecular flexibility index (Phi) is 3.58. The van der Waals surface area contributed by atoms with E-state index in [4.69, 9.17) is 0 Å². The fraction of sp³-hybridized carbons (Fsp3) is 0.267. The van der Waals surface area contributed by atoms with Gasteiger partial charge in [0.15, 0.2) is 0 Å². The van der Waals surface area contributed by atoms with Crippen molar-refractivity contribution in [3.63, 3.8) is 0 Å². The number of benzene rings is 1. The highest BCUT2D eigenvalue weighted by atomic mass is 16.1. The summed E-state index contributed by atoms with van der Waals surface area (Å²) < 4.78 is 0. The van der Waals surface area contributed by atoms with Gasteiger partial charge in [-0.2, -0.15) is 0 Å². The molecule has 0 bridgehead atoms. The number of amides is 1. The van der Waals surface area contributed by atoms with Crippen molar-refractivity contribution in [3.8, 4) is 0 Å². The molecule has 5 heteroatoms. The molecular formula is C15H16N4O. The third-order valence-corrected chi connectivity index (χ3v) is 3.12. The van der Waals surface area contributed by atoms with Crippen molar-refractivity contribution in [2.45, 2.75) is 25.4 Å². The number of carbonyl (C=O) groups is 1. The van der Waals surface area contributed by atoms with Crippen LogP contribution in [0.5, 0.6) is 0 Å². The molecular weight excluding hydrogens is 252 g/mol. The van der Waals surface area contributed by atoms with Gasteiger partial charge in [-0.3, -0.25) is 4.79 Å². The quantitative estimate of drug-likeness (QED) is 0.870.